The van der Waals surface area contributed by atoms with Gasteiger partial charge in [-0.25, -0.2) is 4.39 Å². The molecule has 0 bridgehead atoms. The summed E-state index contributed by atoms with van der Waals surface area (Å²) in [6.45, 7) is 7.10. The molecule has 0 unspecified atom stereocenters. The predicted molar refractivity (Wildman–Crippen MR) is 126 cm³/mol. The number of benzene rings is 2. The van der Waals surface area contributed by atoms with Crippen molar-refractivity contribution in [1.82, 2.24) is 15.0 Å². The second-order valence-electron chi connectivity index (χ2n) is 8.51. The average Bonchev–Trinajstić information content (AvgIpc) is 3.20. The molecule has 1 aliphatic rings. The van der Waals surface area contributed by atoms with Gasteiger partial charge in [-0.2, -0.15) is 0 Å². The van der Waals surface area contributed by atoms with Gasteiger partial charge in [0, 0.05) is 37.3 Å². The van der Waals surface area contributed by atoms with Gasteiger partial charge >= 0.3 is 0 Å². The number of amides is 2. The van der Waals surface area contributed by atoms with Crippen molar-refractivity contribution in [2.75, 3.05) is 33.3 Å². The van der Waals surface area contributed by atoms with Crippen molar-refractivity contribution in [3.8, 4) is 11.5 Å². The van der Waals surface area contributed by atoms with Crippen LogP contribution in [0.4, 0.5) is 4.39 Å². The highest BCUT2D eigenvalue weighted by molar-refractivity contribution is 5.96. The number of aromatic nitrogens is 1. The van der Waals surface area contributed by atoms with Crippen molar-refractivity contribution in [2.45, 2.75) is 27.4 Å². The van der Waals surface area contributed by atoms with Crippen LogP contribution in [-0.4, -0.2) is 60.1 Å². The molecule has 0 saturated carbocycles. The molecule has 2 aromatic carbocycles. The number of aryl methyl sites for hydroxylation is 3. The molecule has 0 aliphatic carbocycles. The maximum Gasteiger partial charge on any atom is 0.254 e. The first kappa shape index (κ1) is 24.3. The van der Waals surface area contributed by atoms with E-state index in [2.05, 4.69) is 5.16 Å². The van der Waals surface area contributed by atoms with Gasteiger partial charge in [0.05, 0.1) is 18.4 Å². The summed E-state index contributed by atoms with van der Waals surface area (Å²) >= 11 is 0. The van der Waals surface area contributed by atoms with Gasteiger partial charge in [-0.15, -0.1) is 0 Å². The Hall–Kier alpha value is -3.88. The zero-order valence-electron chi connectivity index (χ0n) is 20.3. The van der Waals surface area contributed by atoms with Crippen molar-refractivity contribution in [3.63, 3.8) is 0 Å². The van der Waals surface area contributed by atoms with E-state index >= 15 is 0 Å². The Bertz CT molecular complexity index is 1230. The third-order valence-corrected chi connectivity index (χ3v) is 6.24. The summed E-state index contributed by atoms with van der Waals surface area (Å²) < 4.78 is 30.4. The van der Waals surface area contributed by atoms with E-state index < -0.39 is 5.82 Å². The fraction of sp³-hybridized carbons (Fsp3) is 0.346. The lowest BCUT2D eigenvalue weighted by molar-refractivity contribution is 0.0535. The van der Waals surface area contributed by atoms with Crippen molar-refractivity contribution in [1.29, 1.82) is 0 Å². The van der Waals surface area contributed by atoms with E-state index in [-0.39, 0.29) is 18.4 Å². The first-order valence-corrected chi connectivity index (χ1v) is 11.4. The lowest BCUT2D eigenvalue weighted by Gasteiger charge is -2.35. The van der Waals surface area contributed by atoms with Gasteiger partial charge in [-0.05, 0) is 56.7 Å². The van der Waals surface area contributed by atoms with Crippen LogP contribution in [0, 0.1) is 26.6 Å². The largest absolute Gasteiger partial charge is 0.493 e. The lowest BCUT2D eigenvalue weighted by atomic mass is 10.1. The first-order chi connectivity index (χ1) is 16.8. The van der Waals surface area contributed by atoms with Gasteiger partial charge in [0.25, 0.3) is 11.8 Å². The van der Waals surface area contributed by atoms with Gasteiger partial charge in [-0.1, -0.05) is 11.2 Å². The third kappa shape index (κ3) is 5.13. The molecular formula is C26H28FN3O5. The van der Waals surface area contributed by atoms with E-state index in [4.69, 9.17) is 14.0 Å². The molecule has 4 rings (SSSR count). The number of piperazine rings is 1. The van der Waals surface area contributed by atoms with Crippen molar-refractivity contribution < 1.29 is 28.0 Å². The molecule has 1 aliphatic heterocycles. The molecule has 184 valence electrons. The SMILES string of the molecule is COc1cc(C(=O)N2CCN(C(=O)c3ccc(C)c(F)c3)CC2)ccc1OCc1c(C)noc1C. The van der Waals surface area contributed by atoms with Crippen LogP contribution in [-0.2, 0) is 6.61 Å². The van der Waals surface area contributed by atoms with Crippen LogP contribution < -0.4 is 9.47 Å². The summed E-state index contributed by atoms with van der Waals surface area (Å²) in [5.41, 5.74) is 2.90. The molecule has 8 nitrogen and oxygen atoms in total. The van der Waals surface area contributed by atoms with Crippen LogP contribution >= 0.6 is 0 Å². The fourth-order valence-electron chi connectivity index (χ4n) is 3.98. The number of hydrogen-bond donors (Lipinski definition) is 0. The molecule has 1 fully saturated rings. The smallest absolute Gasteiger partial charge is 0.254 e. The highest BCUT2D eigenvalue weighted by Crippen LogP contribution is 2.30. The molecule has 2 heterocycles. The summed E-state index contributed by atoms with van der Waals surface area (Å²) in [6.07, 6.45) is 0. The van der Waals surface area contributed by atoms with E-state index in [9.17, 15) is 14.0 Å². The summed E-state index contributed by atoms with van der Waals surface area (Å²) in [6, 6.07) is 9.53. The lowest BCUT2D eigenvalue weighted by Crippen LogP contribution is -2.50. The molecule has 0 atom stereocenters. The van der Waals surface area contributed by atoms with Crippen LogP contribution in [0.2, 0.25) is 0 Å². The summed E-state index contributed by atoms with van der Waals surface area (Å²) in [5, 5.41) is 3.92. The Balaban J connectivity index is 1.38. The van der Waals surface area contributed by atoms with Crippen molar-refractivity contribution >= 4 is 11.8 Å². The normalized spacial score (nSPS) is 13.6. The second kappa shape index (κ2) is 10.2. The standard InChI is InChI=1S/C26H28FN3O5/c1-16-5-6-19(13-22(16)27)25(31)29-9-11-30(12-10-29)26(32)20-7-8-23(24(14-20)33-4)34-15-21-17(2)28-35-18(21)3/h5-8,13-14H,9-12,15H2,1-4H3. The highest BCUT2D eigenvalue weighted by Gasteiger charge is 2.26. The quantitative estimate of drug-likeness (QED) is 0.531. The molecule has 0 spiro atoms. The Morgan fingerprint density at radius 2 is 1.54 bits per heavy atom. The van der Waals surface area contributed by atoms with E-state index in [0.29, 0.717) is 60.1 Å². The first-order valence-electron chi connectivity index (χ1n) is 11.4. The van der Waals surface area contributed by atoms with Gasteiger partial charge in [0.15, 0.2) is 11.5 Å². The Labute approximate surface area is 203 Å². The summed E-state index contributed by atoms with van der Waals surface area (Å²) in [5.74, 6) is 0.838. The van der Waals surface area contributed by atoms with Gasteiger partial charge in [0.2, 0.25) is 0 Å². The Morgan fingerprint density at radius 1 is 0.943 bits per heavy atom. The molecule has 1 saturated heterocycles. The molecule has 2 amide bonds. The van der Waals surface area contributed by atoms with Crippen LogP contribution in [0.3, 0.4) is 0 Å². The predicted octanol–water partition coefficient (Wildman–Crippen LogP) is 3.92. The van der Waals surface area contributed by atoms with E-state index in [1.54, 1.807) is 47.1 Å². The number of halogens is 1. The fourth-order valence-corrected chi connectivity index (χ4v) is 3.98. The highest BCUT2D eigenvalue weighted by atomic mass is 19.1. The number of carbonyl (C=O) groups is 2. The van der Waals surface area contributed by atoms with E-state index in [0.717, 1.165) is 11.3 Å². The number of hydrogen-bond acceptors (Lipinski definition) is 6. The monoisotopic (exact) mass is 481 g/mol. The number of rotatable bonds is 6. The molecule has 35 heavy (non-hydrogen) atoms. The summed E-state index contributed by atoms with van der Waals surface area (Å²) in [7, 11) is 1.52. The maximum absolute atomic E-state index is 13.9. The van der Waals surface area contributed by atoms with Crippen molar-refractivity contribution in [2.24, 2.45) is 0 Å². The molecule has 3 aromatic rings. The van der Waals surface area contributed by atoms with E-state index in [1.165, 1.54) is 13.2 Å². The third-order valence-electron chi connectivity index (χ3n) is 6.24. The van der Waals surface area contributed by atoms with Crippen LogP contribution in [0.15, 0.2) is 40.9 Å². The average molecular weight is 482 g/mol. The van der Waals surface area contributed by atoms with Crippen LogP contribution in [0.5, 0.6) is 11.5 Å². The van der Waals surface area contributed by atoms with Gasteiger partial charge in [-0.3, -0.25) is 9.59 Å². The van der Waals surface area contributed by atoms with E-state index in [1.807, 2.05) is 13.8 Å². The molecule has 0 radical (unpaired) electrons. The Kier molecular flexibility index (Phi) is 7.04. The molecule has 0 N–H and O–H groups in total. The number of carbonyl (C=O) groups excluding carboxylic acids is 2. The summed E-state index contributed by atoms with van der Waals surface area (Å²) in [4.78, 5) is 29.2. The van der Waals surface area contributed by atoms with Crippen LogP contribution in [0.1, 0.15) is 43.3 Å². The minimum Gasteiger partial charge on any atom is -0.493 e. The topological polar surface area (TPSA) is 85.1 Å². The number of ether oxygens (including phenoxy) is 2. The van der Waals surface area contributed by atoms with Crippen LogP contribution in [0.25, 0.3) is 0 Å². The van der Waals surface area contributed by atoms with Gasteiger partial charge < -0.3 is 23.8 Å². The number of methoxy groups -OCH3 is 1. The molecular weight excluding hydrogens is 453 g/mol. The van der Waals surface area contributed by atoms with Crippen molar-refractivity contribution in [3.05, 3.63) is 75.9 Å². The molecule has 1 aromatic heterocycles. The van der Waals surface area contributed by atoms with Gasteiger partial charge in [0.1, 0.15) is 18.2 Å². The minimum absolute atomic E-state index is 0.158. The minimum atomic E-state index is -0.405. The number of nitrogens with zero attached hydrogens (tertiary/aromatic N) is 3. The maximum atomic E-state index is 13.9. The Morgan fingerprint density at radius 3 is 2.09 bits per heavy atom. The zero-order valence-corrected chi connectivity index (χ0v) is 20.3. The molecule has 9 heteroatoms. The second-order valence-corrected chi connectivity index (χ2v) is 8.51. The zero-order chi connectivity index (χ0) is 25.1.